The number of benzene rings is 9. The molecule has 2 heteroatoms. The number of nitrogens with zero attached hydrogens (tertiary/aromatic N) is 2. The zero-order chi connectivity index (χ0) is 40.9. The van der Waals surface area contributed by atoms with Crippen LogP contribution >= 0.6 is 0 Å². The number of hydrogen-bond acceptors (Lipinski definition) is 2. The Labute approximate surface area is 357 Å². The molecule has 0 radical (unpaired) electrons. The minimum absolute atomic E-state index is 0.124. The fourth-order valence-electron chi connectivity index (χ4n) is 9.32. The smallest absolute Gasteiger partial charge is 0.160 e. The van der Waals surface area contributed by atoms with Crippen LogP contribution in [0.5, 0.6) is 0 Å². The lowest BCUT2D eigenvalue weighted by Crippen LogP contribution is -2.15. The highest BCUT2D eigenvalue weighted by Gasteiger charge is 2.36. The first-order valence-corrected chi connectivity index (χ1v) is 21.1. The molecule has 2 nitrogen and oxygen atoms in total. The molecule has 0 atom stereocenters. The molecule has 1 aromatic heterocycles. The molecule has 0 unspecified atom stereocenters. The summed E-state index contributed by atoms with van der Waals surface area (Å²) in [6.07, 6.45) is 0. The van der Waals surface area contributed by atoms with E-state index >= 15 is 0 Å². The lowest BCUT2D eigenvalue weighted by Gasteiger charge is -2.23. The lowest BCUT2D eigenvalue weighted by atomic mass is 9.80. The molecule has 61 heavy (non-hydrogen) atoms. The van der Waals surface area contributed by atoms with E-state index in [9.17, 15) is 0 Å². The summed E-state index contributed by atoms with van der Waals surface area (Å²) in [4.78, 5) is 10.4. The summed E-state index contributed by atoms with van der Waals surface area (Å²) in [5.41, 5.74) is 19.6. The van der Waals surface area contributed by atoms with E-state index in [2.05, 4.69) is 220 Å². The highest BCUT2D eigenvalue weighted by Crippen LogP contribution is 2.52. The van der Waals surface area contributed by atoms with Gasteiger partial charge in [0, 0.05) is 22.1 Å². The van der Waals surface area contributed by atoms with Crippen molar-refractivity contribution in [3.8, 4) is 89.5 Å². The minimum atomic E-state index is -0.124. The van der Waals surface area contributed by atoms with E-state index in [1.54, 1.807) is 0 Å². The molecule has 1 aliphatic rings. The quantitative estimate of drug-likeness (QED) is 0.161. The largest absolute Gasteiger partial charge is 0.228 e. The normalized spacial score (nSPS) is 12.6. The number of rotatable bonds is 7. The summed E-state index contributed by atoms with van der Waals surface area (Å²) < 4.78 is 0. The van der Waals surface area contributed by atoms with Gasteiger partial charge in [-0.05, 0) is 108 Å². The molecule has 0 saturated carbocycles. The maximum atomic E-state index is 5.22. The van der Waals surface area contributed by atoms with Crippen LogP contribution in [0.3, 0.4) is 0 Å². The van der Waals surface area contributed by atoms with Crippen LogP contribution in [0.25, 0.3) is 100 Å². The first-order chi connectivity index (χ1) is 30.0. The monoisotopic (exact) mass is 778 g/mol. The third-order valence-corrected chi connectivity index (χ3v) is 12.5. The maximum Gasteiger partial charge on any atom is 0.160 e. The standard InChI is InChI=1S/C59H42N2/c1-59(2)54-29-12-11-27-50(54)53-36-52(49-28-15-21-41-18-9-10-26-48(41)49)51(37-55(53)59)46-24-13-22-44(34-46)45-23-14-25-47(35-45)58-60-56(42-19-7-4-8-20-42)38-57(61-58)43-32-30-40(31-33-43)39-16-5-3-6-17-39/h3-38H,1-2H3. The van der Waals surface area contributed by atoms with Crippen LogP contribution in [-0.4, -0.2) is 9.97 Å². The van der Waals surface area contributed by atoms with Crippen LogP contribution in [0.15, 0.2) is 218 Å². The molecule has 11 rings (SSSR count). The molecule has 0 spiro atoms. The van der Waals surface area contributed by atoms with E-state index in [0.29, 0.717) is 5.82 Å². The molecule has 0 amide bonds. The van der Waals surface area contributed by atoms with Crippen molar-refractivity contribution in [3.63, 3.8) is 0 Å². The summed E-state index contributed by atoms with van der Waals surface area (Å²) >= 11 is 0. The van der Waals surface area contributed by atoms with E-state index in [-0.39, 0.29) is 5.41 Å². The first kappa shape index (κ1) is 36.4. The van der Waals surface area contributed by atoms with E-state index in [1.807, 2.05) is 12.1 Å². The third kappa shape index (κ3) is 6.54. The molecule has 0 N–H and O–H groups in total. The number of fused-ring (bicyclic) bond motifs is 4. The number of hydrogen-bond donors (Lipinski definition) is 0. The molecule has 0 saturated heterocycles. The predicted octanol–water partition coefficient (Wildman–Crippen LogP) is 15.6. The number of aromatic nitrogens is 2. The molecule has 0 bridgehead atoms. The van der Waals surface area contributed by atoms with Crippen molar-refractivity contribution >= 4 is 10.8 Å². The van der Waals surface area contributed by atoms with Crippen molar-refractivity contribution in [1.82, 2.24) is 9.97 Å². The highest BCUT2D eigenvalue weighted by atomic mass is 14.9. The second-order valence-corrected chi connectivity index (χ2v) is 16.6. The Kier molecular flexibility index (Phi) is 8.86. The molecule has 10 aromatic rings. The Bertz CT molecular complexity index is 3250. The molecule has 9 aromatic carbocycles. The van der Waals surface area contributed by atoms with Gasteiger partial charge in [-0.15, -0.1) is 0 Å². The van der Waals surface area contributed by atoms with Gasteiger partial charge in [0.2, 0.25) is 0 Å². The van der Waals surface area contributed by atoms with Gasteiger partial charge in [0.15, 0.2) is 5.82 Å². The summed E-state index contributed by atoms with van der Waals surface area (Å²) in [5, 5.41) is 2.49. The van der Waals surface area contributed by atoms with E-state index in [4.69, 9.17) is 9.97 Å². The van der Waals surface area contributed by atoms with Crippen LogP contribution in [0, 0.1) is 0 Å². The summed E-state index contributed by atoms with van der Waals surface area (Å²) in [7, 11) is 0. The van der Waals surface area contributed by atoms with Gasteiger partial charge in [-0.3, -0.25) is 0 Å². The fraction of sp³-hybridized carbons (Fsp3) is 0.0508. The molecule has 288 valence electrons. The van der Waals surface area contributed by atoms with Crippen molar-refractivity contribution in [1.29, 1.82) is 0 Å². The van der Waals surface area contributed by atoms with Crippen LogP contribution < -0.4 is 0 Å². The van der Waals surface area contributed by atoms with Crippen molar-refractivity contribution in [3.05, 3.63) is 230 Å². The van der Waals surface area contributed by atoms with Crippen LogP contribution in [0.4, 0.5) is 0 Å². The van der Waals surface area contributed by atoms with Crippen molar-refractivity contribution in [2.24, 2.45) is 0 Å². The molecule has 1 heterocycles. The van der Waals surface area contributed by atoms with Gasteiger partial charge in [0.05, 0.1) is 11.4 Å². The lowest BCUT2D eigenvalue weighted by molar-refractivity contribution is 0.660. The van der Waals surface area contributed by atoms with Gasteiger partial charge in [-0.1, -0.05) is 202 Å². The molecule has 1 aliphatic carbocycles. The van der Waals surface area contributed by atoms with E-state index in [0.717, 1.165) is 39.2 Å². The topological polar surface area (TPSA) is 25.8 Å². The molecule has 0 fully saturated rings. The van der Waals surface area contributed by atoms with Crippen LogP contribution in [-0.2, 0) is 5.41 Å². The average molecular weight is 779 g/mol. The predicted molar refractivity (Wildman–Crippen MR) is 255 cm³/mol. The summed E-state index contributed by atoms with van der Waals surface area (Å²) in [5.74, 6) is 0.695. The maximum absolute atomic E-state index is 5.22. The Morgan fingerprint density at radius 1 is 0.295 bits per heavy atom. The van der Waals surface area contributed by atoms with Gasteiger partial charge < -0.3 is 0 Å². The van der Waals surface area contributed by atoms with Gasteiger partial charge in [-0.25, -0.2) is 9.97 Å². The average Bonchev–Trinajstić information content (AvgIpc) is 3.56. The van der Waals surface area contributed by atoms with Crippen molar-refractivity contribution in [2.75, 3.05) is 0 Å². The van der Waals surface area contributed by atoms with Crippen LogP contribution in [0.2, 0.25) is 0 Å². The summed E-state index contributed by atoms with van der Waals surface area (Å²) in [6.45, 7) is 4.72. The first-order valence-electron chi connectivity index (χ1n) is 21.1. The third-order valence-electron chi connectivity index (χ3n) is 12.5. The fourth-order valence-corrected chi connectivity index (χ4v) is 9.32. The highest BCUT2D eigenvalue weighted by molar-refractivity contribution is 6.03. The zero-order valence-electron chi connectivity index (χ0n) is 34.2. The minimum Gasteiger partial charge on any atom is -0.228 e. The second kappa shape index (κ2) is 14.9. The van der Waals surface area contributed by atoms with Crippen molar-refractivity contribution < 1.29 is 0 Å². The van der Waals surface area contributed by atoms with E-state index < -0.39 is 0 Å². The Hall–Kier alpha value is -7.68. The Balaban J connectivity index is 1.03. The van der Waals surface area contributed by atoms with Crippen LogP contribution in [0.1, 0.15) is 25.0 Å². The molecular formula is C59H42N2. The van der Waals surface area contributed by atoms with Gasteiger partial charge in [0.25, 0.3) is 0 Å². The second-order valence-electron chi connectivity index (χ2n) is 16.6. The van der Waals surface area contributed by atoms with Gasteiger partial charge in [-0.2, -0.15) is 0 Å². The molecular weight excluding hydrogens is 737 g/mol. The molecule has 0 aliphatic heterocycles. The Morgan fingerprint density at radius 2 is 0.803 bits per heavy atom. The van der Waals surface area contributed by atoms with Crippen molar-refractivity contribution in [2.45, 2.75) is 19.3 Å². The Morgan fingerprint density at radius 3 is 1.56 bits per heavy atom. The van der Waals surface area contributed by atoms with E-state index in [1.165, 1.54) is 66.4 Å². The zero-order valence-corrected chi connectivity index (χ0v) is 34.2. The van der Waals surface area contributed by atoms with Gasteiger partial charge >= 0.3 is 0 Å². The van der Waals surface area contributed by atoms with Gasteiger partial charge in [0.1, 0.15) is 0 Å². The SMILES string of the molecule is CC1(C)c2ccccc2-c2cc(-c3cccc4ccccc34)c(-c3cccc(-c4cccc(-c5nc(-c6ccccc6)cc(-c6ccc(-c7ccccc7)cc6)n5)c4)c3)cc21. The summed E-state index contributed by atoms with van der Waals surface area (Å²) in [6, 6.07) is 78.6.